The molecule has 1 aliphatic heterocycles. The van der Waals surface area contributed by atoms with Gasteiger partial charge in [-0.15, -0.1) is 0 Å². The van der Waals surface area contributed by atoms with Crippen molar-refractivity contribution in [3.05, 3.63) is 83.2 Å². The zero-order valence-electron chi connectivity index (χ0n) is 25.2. The van der Waals surface area contributed by atoms with Gasteiger partial charge in [-0.05, 0) is 63.0 Å². The van der Waals surface area contributed by atoms with Gasteiger partial charge in [-0.1, -0.05) is 135 Å². The summed E-state index contributed by atoms with van der Waals surface area (Å²) in [6.45, 7) is 27.6. The summed E-state index contributed by atoms with van der Waals surface area (Å²) in [5.74, 6) is 0.495. The van der Waals surface area contributed by atoms with Crippen LogP contribution >= 0.6 is 0 Å². The second kappa shape index (κ2) is 23.7. The molecule has 0 bridgehead atoms. The Morgan fingerprint density at radius 3 is 2.17 bits per heavy atom. The molecule has 35 heavy (non-hydrogen) atoms. The fourth-order valence-electron chi connectivity index (χ4n) is 3.98. The van der Waals surface area contributed by atoms with Gasteiger partial charge in [0.25, 0.3) is 0 Å². The van der Waals surface area contributed by atoms with Gasteiger partial charge in [-0.3, -0.25) is 0 Å². The van der Waals surface area contributed by atoms with E-state index < -0.39 is 0 Å². The van der Waals surface area contributed by atoms with Crippen molar-refractivity contribution >= 4 is 0 Å². The Bertz CT molecular complexity index is 716. The summed E-state index contributed by atoms with van der Waals surface area (Å²) in [4.78, 5) is 2.50. The number of hydrogen-bond acceptors (Lipinski definition) is 1. The summed E-state index contributed by atoms with van der Waals surface area (Å²) in [5, 5.41) is 0. The number of nitrogens with zero attached hydrogens (tertiary/aromatic N) is 1. The third-order valence-corrected chi connectivity index (χ3v) is 5.94. The van der Waals surface area contributed by atoms with Crippen LogP contribution in [0.25, 0.3) is 0 Å². The molecule has 0 radical (unpaired) electrons. The Labute approximate surface area is 221 Å². The summed E-state index contributed by atoms with van der Waals surface area (Å²) in [6.07, 6.45) is 26.9. The molecule has 1 fully saturated rings. The predicted molar refractivity (Wildman–Crippen MR) is 164 cm³/mol. The van der Waals surface area contributed by atoms with E-state index in [9.17, 15) is 0 Å². The molecule has 1 unspecified atom stereocenters. The SMILES string of the molecule is C=C(C(/C=C\CC)=C/CCC(=C/C)/C=C1/C=C(C)C=CC1C)N1CCCCCC1.CC.CC.CC. The van der Waals surface area contributed by atoms with Crippen LogP contribution in [0.5, 0.6) is 0 Å². The molecular formula is C34H59N. The lowest BCUT2D eigenvalue weighted by molar-refractivity contribution is 0.367. The summed E-state index contributed by atoms with van der Waals surface area (Å²) in [5.41, 5.74) is 6.69. The zero-order chi connectivity index (χ0) is 27.1. The van der Waals surface area contributed by atoms with Crippen LogP contribution in [0.1, 0.15) is 114 Å². The Balaban J connectivity index is 0. The topological polar surface area (TPSA) is 3.24 Å². The molecule has 0 spiro atoms. The number of hydrogen-bond donors (Lipinski definition) is 0. The van der Waals surface area contributed by atoms with Gasteiger partial charge >= 0.3 is 0 Å². The Hall–Kier alpha value is -2.02. The first kappa shape index (κ1) is 35.1. The highest BCUT2D eigenvalue weighted by Gasteiger charge is 2.13. The molecule has 1 aliphatic carbocycles. The third kappa shape index (κ3) is 14.9. The molecule has 1 heteroatoms. The first-order valence-corrected chi connectivity index (χ1v) is 14.6. The van der Waals surface area contributed by atoms with Crippen molar-refractivity contribution in [2.45, 2.75) is 114 Å². The fourth-order valence-corrected chi connectivity index (χ4v) is 3.98. The summed E-state index contributed by atoms with van der Waals surface area (Å²) >= 11 is 0. The van der Waals surface area contributed by atoms with E-state index in [4.69, 9.17) is 0 Å². The molecule has 0 aromatic heterocycles. The average molecular weight is 482 g/mol. The van der Waals surface area contributed by atoms with Crippen LogP contribution < -0.4 is 0 Å². The first-order chi connectivity index (χ1) is 17.0. The molecule has 0 saturated carbocycles. The molecule has 0 aromatic rings. The van der Waals surface area contributed by atoms with E-state index in [1.165, 1.54) is 53.7 Å². The smallest absolute Gasteiger partial charge is 0.0363 e. The number of likely N-dealkylation sites (tertiary alicyclic amines) is 1. The normalized spacial score (nSPS) is 19.5. The van der Waals surface area contributed by atoms with Crippen molar-refractivity contribution in [2.75, 3.05) is 13.1 Å². The molecule has 200 valence electrons. The lowest BCUT2D eigenvalue weighted by atomic mass is 9.91. The maximum atomic E-state index is 4.47. The van der Waals surface area contributed by atoms with Crippen LogP contribution in [0.3, 0.4) is 0 Å². The molecule has 1 saturated heterocycles. The van der Waals surface area contributed by atoms with Gasteiger partial charge in [0.05, 0.1) is 0 Å². The highest BCUT2D eigenvalue weighted by Crippen LogP contribution is 2.25. The van der Waals surface area contributed by atoms with Crippen molar-refractivity contribution in [1.29, 1.82) is 0 Å². The van der Waals surface area contributed by atoms with Crippen LogP contribution in [0.2, 0.25) is 0 Å². The van der Waals surface area contributed by atoms with E-state index in [-0.39, 0.29) is 0 Å². The van der Waals surface area contributed by atoms with Crippen LogP contribution in [0.4, 0.5) is 0 Å². The van der Waals surface area contributed by atoms with Gasteiger partial charge < -0.3 is 4.90 Å². The van der Waals surface area contributed by atoms with Gasteiger partial charge in [-0.25, -0.2) is 0 Å². The van der Waals surface area contributed by atoms with Crippen LogP contribution in [0.15, 0.2) is 83.2 Å². The second-order valence-electron chi connectivity index (χ2n) is 8.40. The maximum Gasteiger partial charge on any atom is 0.0363 e. The van der Waals surface area contributed by atoms with Crippen molar-refractivity contribution < 1.29 is 0 Å². The minimum atomic E-state index is 0.495. The molecule has 0 amide bonds. The van der Waals surface area contributed by atoms with E-state index >= 15 is 0 Å². The van der Waals surface area contributed by atoms with Gasteiger partial charge in [0.1, 0.15) is 0 Å². The van der Waals surface area contributed by atoms with E-state index in [2.05, 4.69) is 87.8 Å². The summed E-state index contributed by atoms with van der Waals surface area (Å²) < 4.78 is 0. The Kier molecular flexibility index (Phi) is 23.8. The second-order valence-corrected chi connectivity index (χ2v) is 8.40. The lowest BCUT2D eigenvalue weighted by Gasteiger charge is -2.26. The zero-order valence-corrected chi connectivity index (χ0v) is 25.2. The van der Waals surface area contributed by atoms with E-state index in [1.54, 1.807) is 0 Å². The maximum absolute atomic E-state index is 4.47. The third-order valence-electron chi connectivity index (χ3n) is 5.94. The Morgan fingerprint density at radius 1 is 1.03 bits per heavy atom. The van der Waals surface area contributed by atoms with Crippen molar-refractivity contribution in [3.8, 4) is 0 Å². The Morgan fingerprint density at radius 2 is 1.63 bits per heavy atom. The highest BCUT2D eigenvalue weighted by atomic mass is 15.1. The van der Waals surface area contributed by atoms with Crippen molar-refractivity contribution in [1.82, 2.24) is 4.90 Å². The van der Waals surface area contributed by atoms with E-state index in [0.29, 0.717) is 5.92 Å². The monoisotopic (exact) mass is 481 g/mol. The van der Waals surface area contributed by atoms with Gasteiger partial charge in [-0.2, -0.15) is 0 Å². The van der Waals surface area contributed by atoms with Crippen LogP contribution in [-0.2, 0) is 0 Å². The standard InChI is InChI=1S/C28H41N.3C2H6/c1-6-8-15-27(25(5)29-19-11-9-10-12-20-29)16-13-14-26(7-2)22-28-21-23(3)17-18-24(28)4;3*1-2/h7-8,15-18,21-22,24H,5-6,9-14,19-20H2,1-4H3;3*1-2H3/b15-8-,26-7-,27-16+,28-22-;;;. The van der Waals surface area contributed by atoms with Gasteiger partial charge in [0.2, 0.25) is 0 Å². The van der Waals surface area contributed by atoms with Crippen LogP contribution in [-0.4, -0.2) is 18.0 Å². The molecule has 1 atom stereocenters. The number of rotatable bonds is 8. The van der Waals surface area contributed by atoms with Crippen molar-refractivity contribution in [2.24, 2.45) is 5.92 Å². The van der Waals surface area contributed by atoms with Crippen LogP contribution in [0, 0.1) is 5.92 Å². The quantitative estimate of drug-likeness (QED) is 0.311. The van der Waals surface area contributed by atoms with Crippen molar-refractivity contribution in [3.63, 3.8) is 0 Å². The molecule has 1 nitrogen and oxygen atoms in total. The fraction of sp³-hybridized carbons (Fsp3) is 0.588. The molecule has 2 aliphatic rings. The molecular weight excluding hydrogens is 422 g/mol. The predicted octanol–water partition coefficient (Wildman–Crippen LogP) is 11.2. The summed E-state index contributed by atoms with van der Waals surface area (Å²) in [7, 11) is 0. The lowest BCUT2D eigenvalue weighted by Crippen LogP contribution is -2.24. The average Bonchev–Trinajstić information content (AvgIpc) is 3.20. The number of allylic oxidation sites excluding steroid dienone is 11. The molecule has 0 aromatic carbocycles. The summed E-state index contributed by atoms with van der Waals surface area (Å²) in [6, 6.07) is 0. The largest absolute Gasteiger partial charge is 0.372 e. The first-order valence-electron chi connectivity index (χ1n) is 14.6. The van der Waals surface area contributed by atoms with E-state index in [0.717, 1.165) is 32.4 Å². The van der Waals surface area contributed by atoms with Gasteiger partial charge in [0, 0.05) is 18.8 Å². The molecule has 0 N–H and O–H groups in total. The molecule has 2 rings (SSSR count). The minimum Gasteiger partial charge on any atom is -0.372 e. The minimum absolute atomic E-state index is 0.495. The van der Waals surface area contributed by atoms with E-state index in [1.807, 2.05) is 41.5 Å². The molecule has 1 heterocycles. The van der Waals surface area contributed by atoms with Gasteiger partial charge in [0.15, 0.2) is 0 Å². The highest BCUT2D eigenvalue weighted by molar-refractivity contribution is 5.42.